The molecular formula is C11H15NO. The van der Waals surface area contributed by atoms with Gasteiger partial charge in [-0.05, 0) is 43.7 Å². The Bertz CT molecular complexity index is 312. The zero-order chi connectivity index (χ0) is 8.89. The van der Waals surface area contributed by atoms with E-state index in [2.05, 4.69) is 6.07 Å². The Kier molecular flexibility index (Phi) is 1.40. The highest BCUT2D eigenvalue weighted by molar-refractivity contribution is 5.30. The van der Waals surface area contributed by atoms with Gasteiger partial charge in [0, 0.05) is 6.42 Å². The maximum absolute atomic E-state index is 6.09. The monoisotopic (exact) mass is 177 g/mol. The number of hydrogen-bond donors (Lipinski definition) is 1. The van der Waals surface area contributed by atoms with Crippen molar-refractivity contribution in [2.45, 2.75) is 44.1 Å². The first-order valence-corrected chi connectivity index (χ1v) is 5.19. The van der Waals surface area contributed by atoms with Crippen LogP contribution in [0.5, 0.6) is 0 Å². The van der Waals surface area contributed by atoms with Crippen molar-refractivity contribution < 1.29 is 4.42 Å². The second-order valence-corrected chi connectivity index (χ2v) is 4.42. The lowest BCUT2D eigenvalue weighted by Gasteiger charge is -2.07. The molecule has 3 rings (SSSR count). The smallest absolute Gasteiger partial charge is 0.124 e. The molecule has 2 nitrogen and oxygen atoms in total. The molecular weight excluding hydrogens is 162 g/mol. The van der Waals surface area contributed by atoms with E-state index in [4.69, 9.17) is 10.2 Å². The van der Waals surface area contributed by atoms with Gasteiger partial charge in [0.25, 0.3) is 0 Å². The lowest BCUT2D eigenvalue weighted by Crippen LogP contribution is -2.17. The molecule has 0 spiro atoms. The fourth-order valence-corrected chi connectivity index (χ4v) is 2.12. The van der Waals surface area contributed by atoms with Gasteiger partial charge in [0.2, 0.25) is 0 Å². The van der Waals surface area contributed by atoms with Crippen LogP contribution in [0.2, 0.25) is 0 Å². The zero-order valence-corrected chi connectivity index (χ0v) is 7.81. The summed E-state index contributed by atoms with van der Waals surface area (Å²) in [4.78, 5) is 0. The first-order valence-electron chi connectivity index (χ1n) is 5.19. The molecule has 1 heterocycles. The van der Waals surface area contributed by atoms with E-state index in [-0.39, 0.29) is 5.54 Å². The first-order chi connectivity index (χ1) is 6.28. The van der Waals surface area contributed by atoms with Crippen LogP contribution in [0, 0.1) is 0 Å². The third kappa shape index (κ3) is 1.12. The summed E-state index contributed by atoms with van der Waals surface area (Å²) >= 11 is 0. The number of rotatable bonds is 1. The van der Waals surface area contributed by atoms with Gasteiger partial charge in [0.15, 0.2) is 0 Å². The number of aryl methyl sites for hydroxylation is 2. The molecule has 13 heavy (non-hydrogen) atoms. The topological polar surface area (TPSA) is 39.2 Å². The Balaban J connectivity index is 2.00. The molecule has 2 N–H and O–H groups in total. The van der Waals surface area contributed by atoms with Gasteiger partial charge in [-0.15, -0.1) is 0 Å². The van der Waals surface area contributed by atoms with Crippen LogP contribution >= 0.6 is 0 Å². The van der Waals surface area contributed by atoms with Gasteiger partial charge in [-0.1, -0.05) is 0 Å². The van der Waals surface area contributed by atoms with Crippen molar-refractivity contribution in [3.8, 4) is 0 Å². The fourth-order valence-electron chi connectivity index (χ4n) is 2.12. The first kappa shape index (κ1) is 7.63. The number of furan rings is 1. The molecule has 0 atom stereocenters. The lowest BCUT2D eigenvalue weighted by atomic mass is 9.98. The van der Waals surface area contributed by atoms with Gasteiger partial charge < -0.3 is 10.2 Å². The van der Waals surface area contributed by atoms with Crippen LogP contribution in [0.3, 0.4) is 0 Å². The van der Waals surface area contributed by atoms with E-state index >= 15 is 0 Å². The van der Waals surface area contributed by atoms with Crippen LogP contribution < -0.4 is 5.73 Å². The van der Waals surface area contributed by atoms with Crippen LogP contribution in [-0.4, -0.2) is 0 Å². The Morgan fingerprint density at radius 3 is 2.69 bits per heavy atom. The van der Waals surface area contributed by atoms with E-state index in [1.165, 1.54) is 30.6 Å². The number of hydrogen-bond acceptors (Lipinski definition) is 2. The van der Waals surface area contributed by atoms with Crippen molar-refractivity contribution in [3.63, 3.8) is 0 Å². The van der Waals surface area contributed by atoms with Crippen molar-refractivity contribution in [1.82, 2.24) is 0 Å². The molecule has 1 saturated carbocycles. The van der Waals surface area contributed by atoms with E-state index in [1.54, 1.807) is 0 Å². The maximum Gasteiger partial charge on any atom is 0.124 e. The van der Waals surface area contributed by atoms with Crippen molar-refractivity contribution in [1.29, 1.82) is 0 Å². The maximum atomic E-state index is 6.09. The van der Waals surface area contributed by atoms with Crippen molar-refractivity contribution in [2.75, 3.05) is 0 Å². The lowest BCUT2D eigenvalue weighted by molar-refractivity contribution is 0.411. The van der Waals surface area contributed by atoms with E-state index < -0.39 is 0 Å². The van der Waals surface area contributed by atoms with Gasteiger partial charge in [-0.25, -0.2) is 0 Å². The van der Waals surface area contributed by atoms with Gasteiger partial charge in [-0.3, -0.25) is 0 Å². The summed E-state index contributed by atoms with van der Waals surface area (Å²) in [6.45, 7) is 0. The summed E-state index contributed by atoms with van der Waals surface area (Å²) in [5, 5.41) is 0. The van der Waals surface area contributed by atoms with E-state index in [0.717, 1.165) is 25.0 Å². The Morgan fingerprint density at radius 2 is 2.00 bits per heavy atom. The average Bonchev–Trinajstić information content (AvgIpc) is 2.76. The molecule has 0 aliphatic heterocycles. The molecule has 1 aromatic rings. The van der Waals surface area contributed by atoms with Crippen LogP contribution in [0.15, 0.2) is 10.5 Å². The minimum atomic E-state index is -0.0860. The van der Waals surface area contributed by atoms with E-state index in [9.17, 15) is 0 Å². The quantitative estimate of drug-likeness (QED) is 0.713. The normalized spacial score (nSPS) is 24.1. The standard InChI is InChI=1S/C11H15NO/c12-11(5-6-11)10-7-8-3-1-2-4-9(8)13-10/h7H,1-6,12H2. The fraction of sp³-hybridized carbons (Fsp3) is 0.636. The molecule has 1 aromatic heterocycles. The Morgan fingerprint density at radius 1 is 1.23 bits per heavy atom. The summed E-state index contributed by atoms with van der Waals surface area (Å²) < 4.78 is 5.81. The molecule has 70 valence electrons. The van der Waals surface area contributed by atoms with Gasteiger partial charge >= 0.3 is 0 Å². The van der Waals surface area contributed by atoms with Crippen LogP contribution in [0.25, 0.3) is 0 Å². The molecule has 2 heteroatoms. The molecule has 0 saturated heterocycles. The molecule has 0 bridgehead atoms. The highest BCUT2D eigenvalue weighted by Gasteiger charge is 2.43. The predicted octanol–water partition coefficient (Wildman–Crippen LogP) is 2.11. The molecule has 0 radical (unpaired) electrons. The average molecular weight is 177 g/mol. The van der Waals surface area contributed by atoms with Crippen molar-refractivity contribution >= 4 is 0 Å². The molecule has 0 aromatic carbocycles. The van der Waals surface area contributed by atoms with E-state index in [1.807, 2.05) is 0 Å². The Labute approximate surface area is 78.1 Å². The third-order valence-electron chi connectivity index (χ3n) is 3.28. The van der Waals surface area contributed by atoms with Gasteiger partial charge in [0.1, 0.15) is 11.5 Å². The SMILES string of the molecule is NC1(c2cc3c(o2)CCCC3)CC1. The summed E-state index contributed by atoms with van der Waals surface area (Å²) in [6.07, 6.45) is 7.08. The molecule has 1 fully saturated rings. The second-order valence-electron chi connectivity index (χ2n) is 4.42. The summed E-state index contributed by atoms with van der Waals surface area (Å²) in [5.74, 6) is 2.25. The Hall–Kier alpha value is -0.760. The summed E-state index contributed by atoms with van der Waals surface area (Å²) in [6, 6.07) is 2.20. The van der Waals surface area contributed by atoms with Gasteiger partial charge in [0.05, 0.1) is 5.54 Å². The van der Waals surface area contributed by atoms with E-state index in [0.29, 0.717) is 0 Å². The number of fused-ring (bicyclic) bond motifs is 1. The second kappa shape index (κ2) is 2.38. The van der Waals surface area contributed by atoms with Crippen molar-refractivity contribution in [3.05, 3.63) is 23.2 Å². The third-order valence-corrected chi connectivity index (χ3v) is 3.28. The zero-order valence-electron chi connectivity index (χ0n) is 7.81. The molecule has 2 aliphatic rings. The molecule has 2 aliphatic carbocycles. The highest BCUT2D eigenvalue weighted by Crippen LogP contribution is 2.44. The minimum Gasteiger partial charge on any atom is -0.464 e. The summed E-state index contributed by atoms with van der Waals surface area (Å²) in [7, 11) is 0. The van der Waals surface area contributed by atoms with Crippen molar-refractivity contribution in [2.24, 2.45) is 5.73 Å². The highest BCUT2D eigenvalue weighted by atomic mass is 16.3. The number of nitrogens with two attached hydrogens (primary N) is 1. The molecule has 0 amide bonds. The summed E-state index contributed by atoms with van der Waals surface area (Å²) in [5.41, 5.74) is 7.41. The largest absolute Gasteiger partial charge is 0.464 e. The minimum absolute atomic E-state index is 0.0860. The predicted molar refractivity (Wildman–Crippen MR) is 50.4 cm³/mol. The van der Waals surface area contributed by atoms with Crippen LogP contribution in [-0.2, 0) is 18.4 Å². The molecule has 0 unspecified atom stereocenters. The van der Waals surface area contributed by atoms with Crippen LogP contribution in [0.1, 0.15) is 42.8 Å². The van der Waals surface area contributed by atoms with Gasteiger partial charge in [-0.2, -0.15) is 0 Å². The van der Waals surface area contributed by atoms with Crippen LogP contribution in [0.4, 0.5) is 0 Å².